The van der Waals surface area contributed by atoms with Crippen molar-refractivity contribution in [2.75, 3.05) is 5.73 Å². The van der Waals surface area contributed by atoms with Crippen LogP contribution in [0.15, 0.2) is 6.07 Å². The normalized spacial score (nSPS) is 9.00. The molecule has 0 bridgehead atoms. The Labute approximate surface area is 74.1 Å². The second-order valence-electron chi connectivity index (χ2n) is 2.06. The lowest BCUT2D eigenvalue weighted by Crippen LogP contribution is -1.98. The molecule has 0 fully saturated rings. The van der Waals surface area contributed by atoms with Gasteiger partial charge in [0.15, 0.2) is 0 Å². The van der Waals surface area contributed by atoms with E-state index in [1.165, 1.54) is 6.07 Å². The van der Waals surface area contributed by atoms with Crippen LogP contribution in [0.1, 0.15) is 11.1 Å². The van der Waals surface area contributed by atoms with Gasteiger partial charge in [0.1, 0.15) is 17.0 Å². The Morgan fingerprint density at radius 3 is 2.92 bits per heavy atom. The average Bonchev–Trinajstić information content (AvgIpc) is 2.05. The van der Waals surface area contributed by atoms with E-state index in [0.717, 1.165) is 6.21 Å². The molecule has 0 saturated carbocycles. The number of hydrogen-bond acceptors (Lipinski definition) is 4. The molecule has 0 spiro atoms. The predicted octanol–water partition coefficient (Wildman–Crippen LogP) is 1.19. The maximum absolute atomic E-state index is 8.54. The highest BCUT2D eigenvalue weighted by Gasteiger charge is 2.05. The minimum absolute atomic E-state index is 0.0700. The molecule has 4 nitrogen and oxygen atoms in total. The van der Waals surface area contributed by atoms with Gasteiger partial charge in [-0.15, -0.1) is 0 Å². The van der Waals surface area contributed by atoms with Crippen molar-refractivity contribution in [3.8, 4) is 6.07 Å². The lowest BCUT2D eigenvalue weighted by Gasteiger charge is -1.99. The zero-order chi connectivity index (χ0) is 9.14. The molecule has 5 heteroatoms. The number of nitrogens with zero attached hydrogens (tertiary/aromatic N) is 2. The van der Waals surface area contributed by atoms with Crippen molar-refractivity contribution in [2.45, 2.75) is 0 Å². The number of nitriles is 1. The van der Waals surface area contributed by atoms with Crippen LogP contribution in [0.4, 0.5) is 5.82 Å². The summed E-state index contributed by atoms with van der Waals surface area (Å²) in [6.07, 6.45) is 1.03. The van der Waals surface area contributed by atoms with Crippen molar-refractivity contribution in [3.05, 3.63) is 22.3 Å². The molecule has 1 aromatic rings. The van der Waals surface area contributed by atoms with E-state index in [0.29, 0.717) is 5.56 Å². The van der Waals surface area contributed by atoms with Crippen LogP contribution in [0, 0.1) is 16.7 Å². The first kappa shape index (κ1) is 8.50. The van der Waals surface area contributed by atoms with Gasteiger partial charge in [-0.1, -0.05) is 11.6 Å². The Morgan fingerprint density at radius 1 is 1.75 bits per heavy atom. The average molecular weight is 181 g/mol. The maximum Gasteiger partial charge on any atom is 0.149 e. The number of anilines is 1. The van der Waals surface area contributed by atoms with Gasteiger partial charge in [-0.25, -0.2) is 4.98 Å². The standard InChI is InChI=1S/C7H5ClN4/c8-6-4(2-9)1-5(3-10)7(11)12-6/h1,3,10H,(H2,11,12). The molecule has 0 aliphatic heterocycles. The number of rotatable bonds is 1. The van der Waals surface area contributed by atoms with Gasteiger partial charge in [-0.05, 0) is 6.07 Å². The Morgan fingerprint density at radius 2 is 2.42 bits per heavy atom. The lowest BCUT2D eigenvalue weighted by atomic mass is 10.2. The zero-order valence-electron chi connectivity index (χ0n) is 6.00. The summed E-state index contributed by atoms with van der Waals surface area (Å²) in [6, 6.07) is 3.27. The van der Waals surface area contributed by atoms with Crippen LogP contribution >= 0.6 is 11.6 Å². The van der Waals surface area contributed by atoms with Gasteiger partial charge >= 0.3 is 0 Å². The smallest absolute Gasteiger partial charge is 0.149 e. The number of hydrogen-bond donors (Lipinski definition) is 2. The van der Waals surface area contributed by atoms with Gasteiger partial charge in [-0.3, -0.25) is 0 Å². The molecule has 1 rings (SSSR count). The number of pyridine rings is 1. The fourth-order valence-electron chi connectivity index (χ4n) is 0.714. The summed E-state index contributed by atoms with van der Waals surface area (Å²) in [7, 11) is 0. The molecule has 60 valence electrons. The summed E-state index contributed by atoms with van der Waals surface area (Å²) in [5, 5.41) is 15.5. The van der Waals surface area contributed by atoms with Gasteiger partial charge in [0.05, 0.1) is 5.56 Å². The van der Waals surface area contributed by atoms with E-state index in [-0.39, 0.29) is 16.5 Å². The van der Waals surface area contributed by atoms with Crippen LogP contribution < -0.4 is 5.73 Å². The SMILES string of the molecule is N#Cc1cc(C=N)c(N)nc1Cl. The highest BCUT2D eigenvalue weighted by molar-refractivity contribution is 6.30. The minimum Gasteiger partial charge on any atom is -0.383 e. The van der Waals surface area contributed by atoms with Crippen molar-refractivity contribution < 1.29 is 0 Å². The number of aromatic nitrogens is 1. The molecule has 0 radical (unpaired) electrons. The van der Waals surface area contributed by atoms with Gasteiger partial charge in [0.25, 0.3) is 0 Å². The van der Waals surface area contributed by atoms with Crippen molar-refractivity contribution in [1.29, 1.82) is 10.7 Å². The van der Waals surface area contributed by atoms with Crippen LogP contribution in [0.25, 0.3) is 0 Å². The fraction of sp³-hybridized carbons (Fsp3) is 0. The summed E-state index contributed by atoms with van der Waals surface area (Å²) in [5.74, 6) is 0.161. The molecule has 0 saturated heterocycles. The quantitative estimate of drug-likeness (QED) is 0.503. The summed E-state index contributed by atoms with van der Waals surface area (Å²) in [5.41, 5.74) is 6.02. The van der Waals surface area contributed by atoms with E-state index in [9.17, 15) is 0 Å². The molecule has 3 N–H and O–H groups in total. The molecule has 0 atom stereocenters. The zero-order valence-corrected chi connectivity index (χ0v) is 6.76. The topological polar surface area (TPSA) is 86.5 Å². The highest BCUT2D eigenvalue weighted by Crippen LogP contribution is 2.16. The Hall–Kier alpha value is -1.60. The molecular formula is C7H5ClN4. The van der Waals surface area contributed by atoms with E-state index in [2.05, 4.69) is 4.98 Å². The first-order valence-corrected chi connectivity index (χ1v) is 3.43. The van der Waals surface area contributed by atoms with E-state index in [1.807, 2.05) is 6.07 Å². The number of halogens is 1. The van der Waals surface area contributed by atoms with E-state index in [1.54, 1.807) is 0 Å². The fourth-order valence-corrected chi connectivity index (χ4v) is 0.901. The second kappa shape index (κ2) is 3.20. The predicted molar refractivity (Wildman–Crippen MR) is 46.3 cm³/mol. The summed E-state index contributed by atoms with van der Waals surface area (Å²) in [4.78, 5) is 3.68. The molecular weight excluding hydrogens is 176 g/mol. The van der Waals surface area contributed by atoms with Crippen LogP contribution in [-0.4, -0.2) is 11.2 Å². The molecule has 0 unspecified atom stereocenters. The van der Waals surface area contributed by atoms with Crippen molar-refractivity contribution >= 4 is 23.6 Å². The number of nitrogens with one attached hydrogen (secondary N) is 1. The Balaban J connectivity index is 3.39. The van der Waals surface area contributed by atoms with E-state index >= 15 is 0 Å². The summed E-state index contributed by atoms with van der Waals surface area (Å²) < 4.78 is 0. The monoisotopic (exact) mass is 180 g/mol. The van der Waals surface area contributed by atoms with E-state index in [4.69, 9.17) is 28.0 Å². The van der Waals surface area contributed by atoms with Crippen LogP contribution in [0.3, 0.4) is 0 Å². The van der Waals surface area contributed by atoms with Gasteiger partial charge in [0, 0.05) is 11.8 Å². The lowest BCUT2D eigenvalue weighted by molar-refractivity contribution is 1.30. The third-order valence-corrected chi connectivity index (χ3v) is 1.60. The van der Waals surface area contributed by atoms with Gasteiger partial charge in [0.2, 0.25) is 0 Å². The van der Waals surface area contributed by atoms with E-state index < -0.39 is 0 Å². The molecule has 1 aromatic heterocycles. The van der Waals surface area contributed by atoms with Gasteiger partial charge in [-0.2, -0.15) is 5.26 Å². The van der Waals surface area contributed by atoms with Crippen LogP contribution in [0.2, 0.25) is 5.15 Å². The Kier molecular flexibility index (Phi) is 2.26. The molecule has 1 heterocycles. The molecule has 12 heavy (non-hydrogen) atoms. The van der Waals surface area contributed by atoms with Crippen molar-refractivity contribution in [2.24, 2.45) is 0 Å². The Bertz CT molecular complexity index is 366. The summed E-state index contributed by atoms with van der Waals surface area (Å²) in [6.45, 7) is 0. The minimum atomic E-state index is 0.0700. The highest BCUT2D eigenvalue weighted by atomic mass is 35.5. The number of nitrogen functional groups attached to an aromatic ring is 1. The number of nitrogens with two attached hydrogens (primary N) is 1. The maximum atomic E-state index is 8.54. The third-order valence-electron chi connectivity index (χ3n) is 1.31. The first-order valence-electron chi connectivity index (χ1n) is 3.05. The largest absolute Gasteiger partial charge is 0.383 e. The third kappa shape index (κ3) is 1.36. The van der Waals surface area contributed by atoms with Crippen LogP contribution in [-0.2, 0) is 0 Å². The van der Waals surface area contributed by atoms with Crippen molar-refractivity contribution in [3.63, 3.8) is 0 Å². The second-order valence-corrected chi connectivity index (χ2v) is 2.42. The summed E-state index contributed by atoms with van der Waals surface area (Å²) >= 11 is 5.57. The van der Waals surface area contributed by atoms with Crippen LogP contribution in [0.5, 0.6) is 0 Å². The van der Waals surface area contributed by atoms with Gasteiger partial charge < -0.3 is 11.1 Å². The molecule has 0 amide bonds. The molecule has 0 aromatic carbocycles. The van der Waals surface area contributed by atoms with Crippen molar-refractivity contribution in [1.82, 2.24) is 4.98 Å². The molecule has 0 aliphatic carbocycles. The first-order chi connectivity index (χ1) is 5.69. The molecule has 0 aliphatic rings.